The van der Waals surface area contributed by atoms with E-state index < -0.39 is 0 Å². The van der Waals surface area contributed by atoms with Gasteiger partial charge >= 0.3 is 0 Å². The normalized spacial score (nSPS) is 25.0. The van der Waals surface area contributed by atoms with E-state index in [1.165, 1.54) is 15.9 Å². The third-order valence-electron chi connectivity index (χ3n) is 3.37. The second-order valence-electron chi connectivity index (χ2n) is 4.85. The van der Waals surface area contributed by atoms with Crippen molar-refractivity contribution in [3.63, 3.8) is 0 Å². The Kier molecular flexibility index (Phi) is 2.89. The van der Waals surface area contributed by atoms with Crippen LogP contribution in [0.2, 0.25) is 0 Å². The zero-order valence-corrected chi connectivity index (χ0v) is 10.9. The van der Waals surface area contributed by atoms with Crippen LogP contribution in [0.15, 0.2) is 16.4 Å². The van der Waals surface area contributed by atoms with Gasteiger partial charge in [-0.1, -0.05) is 18.3 Å². The van der Waals surface area contributed by atoms with Gasteiger partial charge in [0.25, 0.3) is 5.56 Å². The van der Waals surface area contributed by atoms with E-state index in [9.17, 15) is 4.79 Å². The molecule has 2 unspecified atom stereocenters. The monoisotopic (exact) mass is 265 g/mol. The number of nitrogens with two attached hydrogens (primary N) is 1. The van der Waals surface area contributed by atoms with Gasteiger partial charge in [-0.2, -0.15) is 9.61 Å². The average molecular weight is 265 g/mol. The Hall–Kier alpha value is -1.31. The molecule has 2 atom stereocenters. The van der Waals surface area contributed by atoms with Crippen molar-refractivity contribution in [1.29, 1.82) is 0 Å². The molecule has 2 aromatic heterocycles. The lowest BCUT2D eigenvalue weighted by Gasteiger charge is -2.14. The molecule has 18 heavy (non-hydrogen) atoms. The highest BCUT2D eigenvalue weighted by Gasteiger charge is 2.26. The molecule has 1 aliphatic rings. The minimum Gasteiger partial charge on any atom is -0.326 e. The van der Waals surface area contributed by atoms with Gasteiger partial charge in [0.1, 0.15) is 5.51 Å². The van der Waals surface area contributed by atoms with Gasteiger partial charge in [-0.15, -0.1) is 0 Å². The van der Waals surface area contributed by atoms with E-state index in [-0.39, 0.29) is 11.6 Å². The first-order chi connectivity index (χ1) is 8.63. The molecule has 6 nitrogen and oxygen atoms in total. The van der Waals surface area contributed by atoms with Crippen LogP contribution in [0, 0.1) is 5.92 Å². The van der Waals surface area contributed by atoms with E-state index in [0.29, 0.717) is 17.4 Å². The van der Waals surface area contributed by atoms with Crippen LogP contribution in [0.1, 0.15) is 12.6 Å². The Morgan fingerprint density at radius 1 is 1.56 bits per heavy atom. The smallest absolute Gasteiger partial charge is 0.275 e. The van der Waals surface area contributed by atoms with Crippen molar-refractivity contribution in [3.05, 3.63) is 27.6 Å². The van der Waals surface area contributed by atoms with Crippen molar-refractivity contribution in [2.75, 3.05) is 13.1 Å². The fourth-order valence-corrected chi connectivity index (χ4v) is 2.98. The van der Waals surface area contributed by atoms with Crippen LogP contribution in [0.5, 0.6) is 0 Å². The van der Waals surface area contributed by atoms with Gasteiger partial charge in [0.05, 0.1) is 5.69 Å². The van der Waals surface area contributed by atoms with Crippen molar-refractivity contribution in [1.82, 2.24) is 19.5 Å². The Balaban J connectivity index is 1.85. The third-order valence-corrected chi connectivity index (χ3v) is 4.05. The van der Waals surface area contributed by atoms with Gasteiger partial charge in [-0.05, 0) is 5.92 Å². The Labute approximate surface area is 108 Å². The molecular weight excluding hydrogens is 250 g/mol. The summed E-state index contributed by atoms with van der Waals surface area (Å²) in [5.74, 6) is 0.498. The molecule has 0 spiro atoms. The fourth-order valence-electron chi connectivity index (χ4n) is 2.34. The predicted octanol–water partition coefficient (Wildman–Crippen LogP) is -0.0700. The molecule has 7 heteroatoms. The summed E-state index contributed by atoms with van der Waals surface area (Å²) in [5.41, 5.74) is 8.30. The first kappa shape index (κ1) is 11.8. The topological polar surface area (TPSA) is 76.5 Å². The highest BCUT2D eigenvalue weighted by molar-refractivity contribution is 7.14. The summed E-state index contributed by atoms with van der Waals surface area (Å²) in [6, 6.07) is 1.78. The zero-order chi connectivity index (χ0) is 12.7. The Bertz CT molecular complexity index is 611. The first-order valence-corrected chi connectivity index (χ1v) is 6.82. The van der Waals surface area contributed by atoms with Gasteiger partial charge in [0.15, 0.2) is 0 Å². The lowest BCUT2D eigenvalue weighted by atomic mass is 10.1. The summed E-state index contributed by atoms with van der Waals surface area (Å²) in [5, 5.41) is 3.94. The van der Waals surface area contributed by atoms with Gasteiger partial charge in [-0.3, -0.25) is 9.69 Å². The maximum Gasteiger partial charge on any atom is 0.275 e. The van der Waals surface area contributed by atoms with Gasteiger partial charge in [0, 0.05) is 31.7 Å². The molecule has 1 fully saturated rings. The highest BCUT2D eigenvalue weighted by Crippen LogP contribution is 2.16. The Morgan fingerprint density at radius 3 is 3.11 bits per heavy atom. The van der Waals surface area contributed by atoms with Crippen LogP contribution in [-0.4, -0.2) is 38.6 Å². The second-order valence-corrected chi connectivity index (χ2v) is 5.67. The summed E-state index contributed by atoms with van der Waals surface area (Å²) in [6.45, 7) is 4.66. The molecule has 3 rings (SSSR count). The van der Waals surface area contributed by atoms with Crippen molar-refractivity contribution in [2.45, 2.75) is 19.5 Å². The van der Waals surface area contributed by atoms with E-state index in [4.69, 9.17) is 5.73 Å². The minimum absolute atomic E-state index is 0.118. The molecular formula is C11H15N5OS. The number of rotatable bonds is 2. The molecule has 0 bridgehead atoms. The number of hydrogen-bond acceptors (Lipinski definition) is 6. The maximum atomic E-state index is 11.8. The van der Waals surface area contributed by atoms with Crippen LogP contribution in [0.3, 0.4) is 0 Å². The molecule has 0 amide bonds. The molecule has 0 radical (unpaired) electrons. The predicted molar refractivity (Wildman–Crippen MR) is 69.6 cm³/mol. The van der Waals surface area contributed by atoms with E-state index in [0.717, 1.165) is 18.8 Å². The van der Waals surface area contributed by atoms with Crippen LogP contribution < -0.4 is 11.3 Å². The fraction of sp³-hybridized carbons (Fsp3) is 0.545. The summed E-state index contributed by atoms with van der Waals surface area (Å²) >= 11 is 1.37. The lowest BCUT2D eigenvalue weighted by molar-refractivity contribution is 0.315. The van der Waals surface area contributed by atoms with Crippen LogP contribution in [0.4, 0.5) is 0 Å². The van der Waals surface area contributed by atoms with Crippen molar-refractivity contribution >= 4 is 16.3 Å². The van der Waals surface area contributed by atoms with Crippen LogP contribution in [-0.2, 0) is 6.54 Å². The van der Waals surface area contributed by atoms with Crippen molar-refractivity contribution in [3.8, 4) is 0 Å². The maximum absolute atomic E-state index is 11.8. The number of nitrogens with zero attached hydrogens (tertiary/aromatic N) is 4. The molecule has 2 aromatic rings. The molecule has 1 aliphatic heterocycles. The largest absolute Gasteiger partial charge is 0.326 e. The number of fused-ring (bicyclic) bond motifs is 1. The number of likely N-dealkylation sites (tertiary alicyclic amines) is 1. The number of aromatic nitrogens is 3. The third kappa shape index (κ3) is 2.05. The van der Waals surface area contributed by atoms with Crippen molar-refractivity contribution < 1.29 is 0 Å². The summed E-state index contributed by atoms with van der Waals surface area (Å²) in [4.78, 5) is 19.1. The molecule has 3 heterocycles. The molecule has 0 saturated carbocycles. The highest BCUT2D eigenvalue weighted by atomic mass is 32.1. The average Bonchev–Trinajstić information content (AvgIpc) is 2.87. The molecule has 1 saturated heterocycles. The van der Waals surface area contributed by atoms with Crippen LogP contribution in [0.25, 0.3) is 4.96 Å². The van der Waals surface area contributed by atoms with Gasteiger partial charge < -0.3 is 5.73 Å². The van der Waals surface area contributed by atoms with Crippen LogP contribution >= 0.6 is 11.3 Å². The SMILES string of the molecule is CC1CN(Cc2cc(=O)n3ncsc3n2)CC1N. The molecule has 2 N–H and O–H groups in total. The summed E-state index contributed by atoms with van der Waals surface area (Å²) in [7, 11) is 0. The van der Waals surface area contributed by atoms with E-state index >= 15 is 0 Å². The quantitative estimate of drug-likeness (QED) is 0.822. The Morgan fingerprint density at radius 2 is 2.39 bits per heavy atom. The molecule has 0 aromatic carbocycles. The van der Waals surface area contributed by atoms with E-state index in [2.05, 4.69) is 21.9 Å². The summed E-state index contributed by atoms with van der Waals surface area (Å²) in [6.07, 6.45) is 0. The lowest BCUT2D eigenvalue weighted by Crippen LogP contribution is -2.28. The summed E-state index contributed by atoms with van der Waals surface area (Å²) < 4.78 is 1.33. The standard InChI is InChI=1S/C11H15N5OS/c1-7-3-15(5-9(7)12)4-8-2-10(17)16-11(14-8)18-6-13-16/h2,6-7,9H,3-5,12H2,1H3. The van der Waals surface area contributed by atoms with E-state index in [1.807, 2.05) is 0 Å². The van der Waals surface area contributed by atoms with Gasteiger partial charge in [0.2, 0.25) is 4.96 Å². The zero-order valence-electron chi connectivity index (χ0n) is 10.1. The van der Waals surface area contributed by atoms with E-state index in [1.54, 1.807) is 11.6 Å². The molecule has 0 aliphatic carbocycles. The first-order valence-electron chi connectivity index (χ1n) is 5.94. The van der Waals surface area contributed by atoms with Gasteiger partial charge in [-0.25, -0.2) is 4.98 Å². The number of hydrogen-bond donors (Lipinski definition) is 1. The molecule has 96 valence electrons. The minimum atomic E-state index is -0.118. The van der Waals surface area contributed by atoms with Crippen molar-refractivity contribution in [2.24, 2.45) is 11.7 Å². The second kappa shape index (κ2) is 4.42.